The molecule has 0 aliphatic carbocycles. The fourth-order valence-electron chi connectivity index (χ4n) is 3.17. The summed E-state index contributed by atoms with van der Waals surface area (Å²) in [5.41, 5.74) is 5.97. The highest BCUT2D eigenvalue weighted by atomic mass is 16.6. The van der Waals surface area contributed by atoms with Crippen LogP contribution in [0.2, 0.25) is 0 Å². The number of alkyl carbamates (subject to hydrolysis) is 1. The maximum atomic E-state index is 13.5. The summed E-state index contributed by atoms with van der Waals surface area (Å²) >= 11 is 0. The van der Waals surface area contributed by atoms with Gasteiger partial charge in [-0.15, -0.1) is 0 Å². The number of carbonyl (C=O) groups is 4. The highest BCUT2D eigenvalue weighted by molar-refractivity contribution is 5.95. The Labute approximate surface area is 201 Å². The Bertz CT molecular complexity index is 982. The number of nitrogens with two attached hydrogens (primary N) is 1. The van der Waals surface area contributed by atoms with Crippen LogP contribution in [0.5, 0.6) is 0 Å². The molecule has 2 atom stereocenters. The van der Waals surface area contributed by atoms with E-state index in [-0.39, 0.29) is 0 Å². The van der Waals surface area contributed by atoms with Gasteiger partial charge in [0.1, 0.15) is 17.7 Å². The second-order valence-electron chi connectivity index (χ2n) is 10.2. The molecule has 2 unspecified atom stereocenters. The van der Waals surface area contributed by atoms with Gasteiger partial charge in [0.05, 0.1) is 6.42 Å². The summed E-state index contributed by atoms with van der Waals surface area (Å²) in [6, 6.07) is 5.08. The van der Waals surface area contributed by atoms with Crippen LogP contribution >= 0.6 is 0 Å². The Morgan fingerprint density at radius 2 is 1.71 bits per heavy atom. The first-order valence-electron chi connectivity index (χ1n) is 10.9. The number of carbonyl (C=O) groups excluding carboxylic acids is 4. The van der Waals surface area contributed by atoms with Gasteiger partial charge in [-0.3, -0.25) is 19.3 Å². The molecule has 0 saturated heterocycles. The van der Waals surface area contributed by atoms with Crippen molar-refractivity contribution in [1.82, 2.24) is 15.5 Å². The Balaban J connectivity index is 3.51. The minimum Gasteiger partial charge on any atom is -0.444 e. The van der Waals surface area contributed by atoms with Crippen LogP contribution in [0.15, 0.2) is 18.2 Å². The summed E-state index contributed by atoms with van der Waals surface area (Å²) in [5.74, 6) is -2.20. The molecule has 1 aromatic carbocycles. The molecule has 0 saturated carbocycles. The third-order valence-electron chi connectivity index (χ3n) is 4.50. The van der Waals surface area contributed by atoms with Gasteiger partial charge < -0.3 is 21.1 Å². The second-order valence-corrected chi connectivity index (χ2v) is 10.2. The van der Waals surface area contributed by atoms with Crippen molar-refractivity contribution in [3.8, 4) is 12.5 Å². The average Bonchev–Trinajstić information content (AvgIpc) is 2.63. The van der Waals surface area contributed by atoms with Gasteiger partial charge >= 0.3 is 6.09 Å². The van der Waals surface area contributed by atoms with E-state index < -0.39 is 53.5 Å². The van der Waals surface area contributed by atoms with E-state index in [1.165, 1.54) is 0 Å². The Kier molecular flexibility index (Phi) is 9.26. The normalized spacial score (nSPS) is 13.1. The quantitative estimate of drug-likeness (QED) is 0.414. The summed E-state index contributed by atoms with van der Waals surface area (Å²) < 4.78 is 5.20. The Morgan fingerprint density at radius 3 is 2.18 bits per heavy atom. The van der Waals surface area contributed by atoms with Crippen molar-refractivity contribution in [3.63, 3.8) is 0 Å². The number of nitrogens with one attached hydrogen (secondary N) is 2. The number of hydrogen-bond acceptors (Lipinski definition) is 5. The van der Waals surface area contributed by atoms with Crippen LogP contribution < -0.4 is 16.4 Å². The zero-order valence-electron chi connectivity index (χ0n) is 21.2. The van der Waals surface area contributed by atoms with Crippen LogP contribution in [-0.4, -0.2) is 45.9 Å². The topological polar surface area (TPSA) is 131 Å². The van der Waals surface area contributed by atoms with E-state index in [2.05, 4.69) is 16.7 Å². The van der Waals surface area contributed by atoms with Crippen molar-refractivity contribution >= 4 is 23.8 Å². The molecule has 0 radical (unpaired) electrons. The first kappa shape index (κ1) is 28.5. The lowest BCUT2D eigenvalue weighted by Crippen LogP contribution is -2.54. The summed E-state index contributed by atoms with van der Waals surface area (Å²) in [6.07, 6.45) is 4.26. The van der Waals surface area contributed by atoms with Crippen LogP contribution in [0.25, 0.3) is 0 Å². The fourth-order valence-corrected chi connectivity index (χ4v) is 3.17. The molecule has 9 heteroatoms. The monoisotopic (exact) mass is 472 g/mol. The molecule has 1 rings (SSSR count). The molecule has 0 aliphatic rings. The van der Waals surface area contributed by atoms with Crippen molar-refractivity contribution in [2.75, 3.05) is 0 Å². The van der Waals surface area contributed by atoms with Crippen molar-refractivity contribution in [1.29, 1.82) is 0 Å². The molecule has 0 spiro atoms. The average molecular weight is 473 g/mol. The van der Waals surface area contributed by atoms with Crippen molar-refractivity contribution in [2.24, 2.45) is 5.73 Å². The van der Waals surface area contributed by atoms with E-state index in [4.69, 9.17) is 16.9 Å². The lowest BCUT2D eigenvalue weighted by molar-refractivity contribution is -0.140. The molecule has 0 bridgehead atoms. The number of aryl methyl sites for hydroxylation is 2. The molecule has 9 nitrogen and oxygen atoms in total. The minimum atomic E-state index is -1.43. The lowest BCUT2D eigenvalue weighted by atomic mass is 9.95. The molecule has 1 aromatic rings. The van der Waals surface area contributed by atoms with E-state index in [1.807, 2.05) is 19.1 Å². The van der Waals surface area contributed by atoms with Crippen LogP contribution in [0.1, 0.15) is 70.7 Å². The van der Waals surface area contributed by atoms with Crippen LogP contribution in [0.4, 0.5) is 4.79 Å². The van der Waals surface area contributed by atoms with Gasteiger partial charge in [-0.25, -0.2) is 4.79 Å². The molecular weight excluding hydrogens is 436 g/mol. The summed E-state index contributed by atoms with van der Waals surface area (Å²) in [7, 11) is 0. The number of primary amides is 1. The zero-order chi connectivity index (χ0) is 26.4. The van der Waals surface area contributed by atoms with Gasteiger partial charge in [-0.2, -0.15) is 0 Å². The third-order valence-corrected chi connectivity index (χ3v) is 4.50. The van der Waals surface area contributed by atoms with E-state index in [0.717, 1.165) is 16.0 Å². The largest absolute Gasteiger partial charge is 0.444 e. The highest BCUT2D eigenvalue weighted by Crippen LogP contribution is 2.27. The molecule has 0 aliphatic heterocycles. The standard InChI is InChI=1S/C25H36N4O5/c1-10-29(22(32)18(14-19(26)30)27-23(33)34-25(7,8)9)20(21(31)28-24(4,5)6)17-13-15(2)11-12-16(17)3/h1,11-13,18,20H,14H2,2-9H3,(H2,26,30)(H,27,33)(H,28,31). The Hall–Kier alpha value is -3.54. The van der Waals surface area contributed by atoms with E-state index >= 15 is 0 Å². The fraction of sp³-hybridized carbons (Fsp3) is 0.520. The number of benzene rings is 1. The van der Waals surface area contributed by atoms with Gasteiger partial charge in [0.2, 0.25) is 11.8 Å². The maximum Gasteiger partial charge on any atom is 0.408 e. The van der Waals surface area contributed by atoms with Crippen molar-refractivity contribution < 1.29 is 23.9 Å². The predicted octanol–water partition coefficient (Wildman–Crippen LogP) is 2.45. The molecule has 4 amide bonds. The number of terminal acetylenes is 1. The zero-order valence-corrected chi connectivity index (χ0v) is 21.2. The highest BCUT2D eigenvalue weighted by Gasteiger charge is 2.38. The first-order chi connectivity index (χ1) is 15.4. The second kappa shape index (κ2) is 11.1. The van der Waals surface area contributed by atoms with Crippen LogP contribution in [-0.2, 0) is 19.1 Å². The van der Waals surface area contributed by atoms with E-state index in [9.17, 15) is 19.2 Å². The van der Waals surface area contributed by atoms with Crippen LogP contribution in [0, 0.1) is 26.3 Å². The van der Waals surface area contributed by atoms with Crippen molar-refractivity contribution in [3.05, 3.63) is 34.9 Å². The van der Waals surface area contributed by atoms with Gasteiger partial charge in [0.25, 0.3) is 5.91 Å². The van der Waals surface area contributed by atoms with Crippen molar-refractivity contribution in [2.45, 2.75) is 85.0 Å². The van der Waals surface area contributed by atoms with Gasteiger partial charge in [-0.1, -0.05) is 30.2 Å². The SMILES string of the molecule is C#CN(C(=O)C(CC(N)=O)NC(=O)OC(C)(C)C)C(C(=O)NC(C)(C)C)c1cc(C)ccc1C. The minimum absolute atomic E-state index is 0.511. The lowest BCUT2D eigenvalue weighted by Gasteiger charge is -2.33. The summed E-state index contributed by atoms with van der Waals surface area (Å²) in [6.45, 7) is 14.0. The maximum absolute atomic E-state index is 13.5. The molecular formula is C25H36N4O5. The molecule has 0 heterocycles. The number of ether oxygens (including phenoxy) is 1. The van der Waals surface area contributed by atoms with Crippen LogP contribution in [0.3, 0.4) is 0 Å². The van der Waals surface area contributed by atoms with Gasteiger partial charge in [-0.05, 0) is 66.5 Å². The van der Waals surface area contributed by atoms with E-state index in [1.54, 1.807) is 54.5 Å². The number of amides is 4. The van der Waals surface area contributed by atoms with E-state index in [0.29, 0.717) is 5.56 Å². The molecule has 34 heavy (non-hydrogen) atoms. The smallest absolute Gasteiger partial charge is 0.408 e. The third kappa shape index (κ3) is 8.77. The molecule has 0 aromatic heterocycles. The first-order valence-corrected chi connectivity index (χ1v) is 10.9. The number of nitrogens with zero attached hydrogens (tertiary/aromatic N) is 1. The molecule has 186 valence electrons. The number of rotatable bonds is 7. The summed E-state index contributed by atoms with van der Waals surface area (Å²) in [5, 5.41) is 5.21. The van der Waals surface area contributed by atoms with Gasteiger partial charge in [0.15, 0.2) is 0 Å². The van der Waals surface area contributed by atoms with Gasteiger partial charge in [0, 0.05) is 11.6 Å². The molecule has 0 fully saturated rings. The molecule has 4 N–H and O–H groups in total. The number of hydrogen-bond donors (Lipinski definition) is 3. The predicted molar refractivity (Wildman–Crippen MR) is 129 cm³/mol. The summed E-state index contributed by atoms with van der Waals surface area (Å²) in [4.78, 5) is 51.8. The Morgan fingerprint density at radius 1 is 1.12 bits per heavy atom.